The Bertz CT molecular complexity index is 1260. The second kappa shape index (κ2) is 11.4. The summed E-state index contributed by atoms with van der Waals surface area (Å²) >= 11 is 0.779. The van der Waals surface area contributed by atoms with E-state index in [2.05, 4.69) is 14.7 Å². The van der Waals surface area contributed by atoms with Crippen LogP contribution in [-0.2, 0) is 11.3 Å². The maximum Gasteiger partial charge on any atom is 0.270 e. The fourth-order valence-corrected chi connectivity index (χ4v) is 4.41. The molecule has 0 aliphatic carbocycles. The van der Waals surface area contributed by atoms with Crippen LogP contribution in [0, 0.1) is 0 Å². The first-order valence-corrected chi connectivity index (χ1v) is 12.6. The summed E-state index contributed by atoms with van der Waals surface area (Å²) in [5, 5.41) is 3.08. The van der Waals surface area contributed by atoms with Gasteiger partial charge in [-0.2, -0.15) is 4.37 Å². The van der Waals surface area contributed by atoms with Crippen molar-refractivity contribution in [2.75, 3.05) is 24.7 Å². The summed E-state index contributed by atoms with van der Waals surface area (Å²) in [4.78, 5) is 47.2. The SMILES string of the molecule is CCC(C)(C)NC(=O)[C@H](c1ccc(N(C)C)cc1)N(Cc1cccnc1)C(=O)c1snc(C(N)=O)c1N. The van der Waals surface area contributed by atoms with Gasteiger partial charge in [0.15, 0.2) is 5.69 Å². The average molecular weight is 524 g/mol. The maximum absolute atomic E-state index is 14.0. The van der Waals surface area contributed by atoms with E-state index in [0.717, 1.165) is 17.2 Å². The van der Waals surface area contributed by atoms with Gasteiger partial charge < -0.3 is 26.6 Å². The molecule has 3 rings (SSSR count). The van der Waals surface area contributed by atoms with Gasteiger partial charge in [0.1, 0.15) is 10.9 Å². The summed E-state index contributed by atoms with van der Waals surface area (Å²) in [7, 11) is 3.84. The van der Waals surface area contributed by atoms with Gasteiger partial charge in [-0.3, -0.25) is 19.4 Å². The highest BCUT2D eigenvalue weighted by molar-refractivity contribution is 7.09. The summed E-state index contributed by atoms with van der Waals surface area (Å²) in [6.45, 7) is 5.88. The van der Waals surface area contributed by atoms with Crippen LogP contribution in [0.4, 0.5) is 11.4 Å². The molecule has 1 atom stereocenters. The van der Waals surface area contributed by atoms with Crippen molar-refractivity contribution in [3.8, 4) is 0 Å². The fourth-order valence-electron chi connectivity index (χ4n) is 3.65. The van der Waals surface area contributed by atoms with Crippen molar-refractivity contribution in [2.24, 2.45) is 5.73 Å². The van der Waals surface area contributed by atoms with Crippen LogP contribution in [0.5, 0.6) is 0 Å². The molecule has 3 amide bonds. The van der Waals surface area contributed by atoms with Gasteiger partial charge >= 0.3 is 0 Å². The molecule has 0 saturated carbocycles. The zero-order chi connectivity index (χ0) is 27.3. The number of nitrogen functional groups attached to an aromatic ring is 1. The van der Waals surface area contributed by atoms with E-state index in [9.17, 15) is 14.4 Å². The van der Waals surface area contributed by atoms with Crippen LogP contribution in [-0.4, -0.2) is 51.6 Å². The Kier molecular flexibility index (Phi) is 8.49. The number of benzene rings is 1. The van der Waals surface area contributed by atoms with E-state index in [1.165, 1.54) is 4.90 Å². The zero-order valence-corrected chi connectivity index (χ0v) is 22.5. The molecule has 0 radical (unpaired) electrons. The second-order valence-electron chi connectivity index (χ2n) is 9.55. The van der Waals surface area contributed by atoms with E-state index in [-0.39, 0.29) is 28.7 Å². The largest absolute Gasteiger partial charge is 0.395 e. The minimum Gasteiger partial charge on any atom is -0.395 e. The van der Waals surface area contributed by atoms with E-state index in [1.807, 2.05) is 70.1 Å². The van der Waals surface area contributed by atoms with E-state index >= 15 is 0 Å². The normalized spacial score (nSPS) is 12.0. The number of rotatable bonds is 10. The highest BCUT2D eigenvalue weighted by atomic mass is 32.1. The van der Waals surface area contributed by atoms with Crippen LogP contribution in [0.1, 0.15) is 64.5 Å². The first kappa shape index (κ1) is 27.6. The Morgan fingerprint density at radius 1 is 1.14 bits per heavy atom. The Balaban J connectivity index is 2.16. The molecule has 0 unspecified atom stereocenters. The molecule has 0 bridgehead atoms. The molecule has 0 aliphatic heterocycles. The number of carbonyl (C=O) groups is 3. The number of nitrogens with one attached hydrogen (secondary N) is 1. The van der Waals surface area contributed by atoms with Gasteiger partial charge in [0.25, 0.3) is 11.8 Å². The van der Waals surface area contributed by atoms with Crippen LogP contribution in [0.3, 0.4) is 0 Å². The van der Waals surface area contributed by atoms with Crippen LogP contribution >= 0.6 is 11.5 Å². The summed E-state index contributed by atoms with van der Waals surface area (Å²) in [5.41, 5.74) is 13.0. The number of amides is 3. The lowest BCUT2D eigenvalue weighted by molar-refractivity contribution is -0.127. The molecule has 11 heteroatoms. The van der Waals surface area contributed by atoms with E-state index < -0.39 is 23.4 Å². The van der Waals surface area contributed by atoms with Gasteiger partial charge in [0.2, 0.25) is 5.91 Å². The molecule has 2 aromatic heterocycles. The number of anilines is 2. The smallest absolute Gasteiger partial charge is 0.270 e. The summed E-state index contributed by atoms with van der Waals surface area (Å²) in [6, 6.07) is 10.00. The lowest BCUT2D eigenvalue weighted by Crippen LogP contribution is -2.50. The Morgan fingerprint density at radius 3 is 2.32 bits per heavy atom. The first-order chi connectivity index (χ1) is 17.4. The minimum atomic E-state index is -1.01. The van der Waals surface area contributed by atoms with E-state index in [1.54, 1.807) is 18.5 Å². The number of hydrogen-bond acceptors (Lipinski definition) is 8. The van der Waals surface area contributed by atoms with Gasteiger partial charge in [0.05, 0.1) is 5.69 Å². The molecule has 3 aromatic rings. The number of pyridine rings is 1. The molecule has 10 nitrogen and oxygen atoms in total. The summed E-state index contributed by atoms with van der Waals surface area (Å²) in [6.07, 6.45) is 3.94. The van der Waals surface area contributed by atoms with Crippen molar-refractivity contribution < 1.29 is 14.4 Å². The molecular formula is C26H33N7O3S. The van der Waals surface area contributed by atoms with Crippen molar-refractivity contribution in [1.82, 2.24) is 19.6 Å². The van der Waals surface area contributed by atoms with Crippen LogP contribution in [0.2, 0.25) is 0 Å². The summed E-state index contributed by atoms with van der Waals surface area (Å²) in [5.74, 6) is -1.72. The van der Waals surface area contributed by atoms with Crippen molar-refractivity contribution in [3.05, 3.63) is 70.5 Å². The topological polar surface area (TPSA) is 148 Å². The summed E-state index contributed by atoms with van der Waals surface area (Å²) < 4.78 is 3.98. The molecule has 0 saturated heterocycles. The molecule has 196 valence electrons. The third-order valence-corrected chi connectivity index (χ3v) is 6.97. The van der Waals surface area contributed by atoms with Gasteiger partial charge in [-0.1, -0.05) is 25.1 Å². The first-order valence-electron chi connectivity index (χ1n) is 11.8. The van der Waals surface area contributed by atoms with Gasteiger partial charge in [-0.25, -0.2) is 0 Å². The van der Waals surface area contributed by atoms with Crippen molar-refractivity contribution >= 4 is 40.6 Å². The fraction of sp³-hybridized carbons (Fsp3) is 0.346. The predicted octanol–water partition coefficient (Wildman–Crippen LogP) is 2.97. The molecule has 0 fully saturated rings. The lowest BCUT2D eigenvalue weighted by atomic mass is 9.98. The third-order valence-electron chi connectivity index (χ3n) is 6.12. The van der Waals surface area contributed by atoms with Crippen LogP contribution in [0.25, 0.3) is 0 Å². The molecule has 37 heavy (non-hydrogen) atoms. The number of aromatic nitrogens is 2. The van der Waals surface area contributed by atoms with Crippen molar-refractivity contribution in [2.45, 2.75) is 45.3 Å². The molecule has 0 spiro atoms. The highest BCUT2D eigenvalue weighted by Crippen LogP contribution is 2.31. The predicted molar refractivity (Wildman–Crippen MR) is 145 cm³/mol. The van der Waals surface area contributed by atoms with Gasteiger partial charge in [0, 0.05) is 44.3 Å². The monoisotopic (exact) mass is 523 g/mol. The molecule has 1 aromatic carbocycles. The van der Waals surface area contributed by atoms with E-state index in [0.29, 0.717) is 17.5 Å². The maximum atomic E-state index is 14.0. The molecule has 2 heterocycles. The Labute approximate surface area is 220 Å². The van der Waals surface area contributed by atoms with Crippen LogP contribution < -0.4 is 21.7 Å². The van der Waals surface area contributed by atoms with E-state index in [4.69, 9.17) is 11.5 Å². The third kappa shape index (κ3) is 6.42. The average Bonchev–Trinajstić information content (AvgIpc) is 3.25. The minimum absolute atomic E-state index is 0.0372. The standard InChI is InChI=1S/C26H33N7O3S/c1-6-26(2,3)30-24(35)21(17-9-11-18(12-10-17)32(4)5)33(15-16-8-7-13-29-14-16)25(36)22-19(27)20(23(28)34)31-37-22/h7-14,21H,6,15,27H2,1-5H3,(H2,28,34)(H,30,35)/t21-/m0/s1. The van der Waals surface area contributed by atoms with Crippen molar-refractivity contribution in [3.63, 3.8) is 0 Å². The quantitative estimate of drug-likeness (QED) is 0.370. The zero-order valence-electron chi connectivity index (χ0n) is 21.7. The number of nitrogens with two attached hydrogens (primary N) is 2. The lowest BCUT2D eigenvalue weighted by Gasteiger charge is -2.34. The van der Waals surface area contributed by atoms with Gasteiger partial charge in [-0.15, -0.1) is 0 Å². The number of carbonyl (C=O) groups excluding carboxylic acids is 3. The number of primary amides is 1. The second-order valence-corrected chi connectivity index (χ2v) is 10.3. The molecular weight excluding hydrogens is 490 g/mol. The highest BCUT2D eigenvalue weighted by Gasteiger charge is 2.36. The Hall–Kier alpha value is -3.99. The van der Waals surface area contributed by atoms with Gasteiger partial charge in [-0.05, 0) is 61.1 Å². The molecule has 0 aliphatic rings. The van der Waals surface area contributed by atoms with Crippen LogP contribution in [0.15, 0.2) is 48.8 Å². The number of hydrogen-bond donors (Lipinski definition) is 3. The van der Waals surface area contributed by atoms with Crippen molar-refractivity contribution in [1.29, 1.82) is 0 Å². The number of nitrogens with zero attached hydrogens (tertiary/aromatic N) is 4. The Morgan fingerprint density at radius 2 is 1.81 bits per heavy atom. The molecule has 5 N–H and O–H groups in total.